The molecule has 2 rings (SSSR count). The number of nitrogens with zero attached hydrogens (tertiary/aromatic N) is 1. The maximum atomic E-state index is 13.2. The maximum absolute atomic E-state index is 13.2. The highest BCUT2D eigenvalue weighted by Crippen LogP contribution is 2.32. The molecule has 0 saturated heterocycles. The van der Waals surface area contributed by atoms with E-state index in [1.54, 1.807) is 18.3 Å². The van der Waals surface area contributed by atoms with Crippen molar-refractivity contribution in [2.45, 2.75) is 9.92 Å². The summed E-state index contributed by atoms with van der Waals surface area (Å²) in [5, 5.41) is 0.731. The van der Waals surface area contributed by atoms with E-state index in [1.807, 2.05) is 6.07 Å². The molecule has 0 aliphatic heterocycles. The van der Waals surface area contributed by atoms with Crippen LogP contribution >= 0.6 is 27.7 Å². The number of carbonyl (C=O) groups is 1. The standard InChI is InChI=1S/C12H7BrFNOS/c13-11-2-1-3-15-12(11)17-10-5-8(7-16)4-9(14)6-10/h1-7H. The van der Waals surface area contributed by atoms with Crippen molar-refractivity contribution in [1.29, 1.82) is 0 Å². The van der Waals surface area contributed by atoms with Crippen LogP contribution in [0.3, 0.4) is 0 Å². The summed E-state index contributed by atoms with van der Waals surface area (Å²) in [4.78, 5) is 15.4. The van der Waals surface area contributed by atoms with Gasteiger partial charge in [0.25, 0.3) is 0 Å². The monoisotopic (exact) mass is 311 g/mol. The predicted octanol–water partition coefficient (Wildman–Crippen LogP) is 3.95. The molecule has 0 atom stereocenters. The Kier molecular flexibility index (Phi) is 3.91. The third kappa shape index (κ3) is 3.14. The van der Waals surface area contributed by atoms with Crippen LogP contribution in [0.4, 0.5) is 4.39 Å². The van der Waals surface area contributed by atoms with Gasteiger partial charge in [0, 0.05) is 16.7 Å². The van der Waals surface area contributed by atoms with Crippen LogP contribution in [0, 0.1) is 5.82 Å². The van der Waals surface area contributed by atoms with Crippen molar-refractivity contribution >= 4 is 34.0 Å². The molecule has 0 bridgehead atoms. The van der Waals surface area contributed by atoms with Gasteiger partial charge in [-0.3, -0.25) is 4.79 Å². The minimum absolute atomic E-state index is 0.319. The largest absolute Gasteiger partial charge is 0.298 e. The summed E-state index contributed by atoms with van der Waals surface area (Å²) in [6, 6.07) is 7.86. The van der Waals surface area contributed by atoms with Crippen LogP contribution in [-0.2, 0) is 0 Å². The number of pyridine rings is 1. The van der Waals surface area contributed by atoms with Crippen molar-refractivity contribution in [2.24, 2.45) is 0 Å². The van der Waals surface area contributed by atoms with Crippen LogP contribution in [-0.4, -0.2) is 11.3 Å². The Hall–Kier alpha value is -1.20. The SMILES string of the molecule is O=Cc1cc(F)cc(Sc2ncccc2Br)c1. The molecule has 0 saturated carbocycles. The Morgan fingerprint density at radius 1 is 1.35 bits per heavy atom. The molecule has 17 heavy (non-hydrogen) atoms. The van der Waals surface area contributed by atoms with Crippen molar-refractivity contribution in [1.82, 2.24) is 4.98 Å². The van der Waals surface area contributed by atoms with Crippen molar-refractivity contribution in [2.75, 3.05) is 0 Å². The fourth-order valence-corrected chi connectivity index (χ4v) is 2.64. The summed E-state index contributed by atoms with van der Waals surface area (Å²) in [7, 11) is 0. The van der Waals surface area contributed by atoms with Gasteiger partial charge in [0.15, 0.2) is 0 Å². The van der Waals surface area contributed by atoms with Crippen LogP contribution in [0.1, 0.15) is 10.4 Å². The highest BCUT2D eigenvalue weighted by molar-refractivity contribution is 9.10. The first-order valence-corrected chi connectivity index (χ1v) is 6.34. The number of carbonyl (C=O) groups excluding carboxylic acids is 1. The van der Waals surface area contributed by atoms with Gasteiger partial charge in [-0.1, -0.05) is 11.8 Å². The second-order valence-electron chi connectivity index (χ2n) is 3.23. The summed E-state index contributed by atoms with van der Waals surface area (Å²) in [6.45, 7) is 0. The van der Waals surface area contributed by atoms with E-state index in [9.17, 15) is 9.18 Å². The maximum Gasteiger partial charge on any atom is 0.150 e. The van der Waals surface area contributed by atoms with Crippen LogP contribution in [0.2, 0.25) is 0 Å². The predicted molar refractivity (Wildman–Crippen MR) is 67.8 cm³/mol. The van der Waals surface area contributed by atoms with Gasteiger partial charge in [0.2, 0.25) is 0 Å². The summed E-state index contributed by atoms with van der Waals surface area (Å²) >= 11 is 4.66. The van der Waals surface area contributed by atoms with Crippen molar-refractivity contribution in [3.05, 3.63) is 52.4 Å². The van der Waals surface area contributed by atoms with Crippen LogP contribution in [0.5, 0.6) is 0 Å². The van der Waals surface area contributed by atoms with Crippen molar-refractivity contribution in [3.63, 3.8) is 0 Å². The Morgan fingerprint density at radius 2 is 2.18 bits per heavy atom. The Labute approximate surface area is 110 Å². The molecule has 86 valence electrons. The number of benzene rings is 1. The van der Waals surface area contributed by atoms with E-state index >= 15 is 0 Å². The number of hydrogen-bond acceptors (Lipinski definition) is 3. The molecule has 0 unspecified atom stereocenters. The molecule has 0 aliphatic rings. The molecule has 2 nitrogen and oxygen atoms in total. The molecule has 0 radical (unpaired) electrons. The number of halogens is 2. The van der Waals surface area contributed by atoms with Crippen molar-refractivity contribution in [3.8, 4) is 0 Å². The van der Waals surface area contributed by atoms with Gasteiger partial charge in [-0.25, -0.2) is 9.37 Å². The molecule has 1 aromatic heterocycles. The summed E-state index contributed by atoms with van der Waals surface area (Å²) in [5.74, 6) is -0.427. The molecule has 1 heterocycles. The molecule has 0 aliphatic carbocycles. The lowest BCUT2D eigenvalue weighted by Crippen LogP contribution is -1.86. The lowest BCUT2D eigenvalue weighted by Gasteiger charge is -2.03. The van der Waals surface area contributed by atoms with E-state index in [0.717, 1.165) is 9.50 Å². The van der Waals surface area contributed by atoms with E-state index in [4.69, 9.17) is 0 Å². The summed E-state index contributed by atoms with van der Waals surface area (Å²) in [6.07, 6.45) is 2.29. The number of hydrogen-bond donors (Lipinski definition) is 0. The van der Waals surface area contributed by atoms with E-state index in [0.29, 0.717) is 16.7 Å². The number of aldehydes is 1. The third-order valence-electron chi connectivity index (χ3n) is 1.97. The van der Waals surface area contributed by atoms with Gasteiger partial charge in [-0.15, -0.1) is 0 Å². The quantitative estimate of drug-likeness (QED) is 0.804. The Bertz CT molecular complexity index is 562. The summed E-state index contributed by atoms with van der Waals surface area (Å²) < 4.78 is 14.0. The average Bonchev–Trinajstić information content (AvgIpc) is 2.31. The van der Waals surface area contributed by atoms with E-state index in [-0.39, 0.29) is 0 Å². The molecule has 0 amide bonds. The van der Waals surface area contributed by atoms with Gasteiger partial charge in [-0.2, -0.15) is 0 Å². The molecule has 2 aromatic rings. The van der Waals surface area contributed by atoms with E-state index < -0.39 is 5.82 Å². The molecule has 0 spiro atoms. The third-order valence-corrected chi connectivity index (χ3v) is 3.86. The van der Waals surface area contributed by atoms with Crippen LogP contribution < -0.4 is 0 Å². The molecular weight excluding hydrogens is 305 g/mol. The topological polar surface area (TPSA) is 30.0 Å². The van der Waals surface area contributed by atoms with Crippen LogP contribution in [0.15, 0.2) is 50.9 Å². The van der Waals surface area contributed by atoms with Gasteiger partial charge < -0.3 is 0 Å². The van der Waals surface area contributed by atoms with Gasteiger partial charge in [0.1, 0.15) is 17.1 Å². The van der Waals surface area contributed by atoms with Gasteiger partial charge in [-0.05, 0) is 46.3 Å². The normalized spacial score (nSPS) is 10.2. The molecule has 5 heteroatoms. The molecule has 1 aromatic carbocycles. The highest BCUT2D eigenvalue weighted by Gasteiger charge is 2.06. The zero-order valence-electron chi connectivity index (χ0n) is 8.56. The molecular formula is C12H7BrFNOS. The lowest BCUT2D eigenvalue weighted by atomic mass is 10.2. The molecule has 0 N–H and O–H groups in total. The second kappa shape index (κ2) is 5.42. The van der Waals surface area contributed by atoms with Gasteiger partial charge >= 0.3 is 0 Å². The number of aromatic nitrogens is 1. The van der Waals surface area contributed by atoms with Crippen molar-refractivity contribution < 1.29 is 9.18 Å². The minimum Gasteiger partial charge on any atom is -0.298 e. The highest BCUT2D eigenvalue weighted by atomic mass is 79.9. The smallest absolute Gasteiger partial charge is 0.150 e. The summed E-state index contributed by atoms with van der Waals surface area (Å²) in [5.41, 5.74) is 0.319. The average molecular weight is 312 g/mol. The first kappa shape index (κ1) is 12.3. The fraction of sp³-hybridized carbons (Fsp3) is 0. The van der Waals surface area contributed by atoms with Gasteiger partial charge in [0.05, 0.1) is 4.47 Å². The fourth-order valence-electron chi connectivity index (χ4n) is 1.27. The number of rotatable bonds is 3. The minimum atomic E-state index is -0.427. The zero-order valence-corrected chi connectivity index (χ0v) is 11.0. The first-order chi connectivity index (χ1) is 8.19. The zero-order chi connectivity index (χ0) is 12.3. The molecule has 0 fully saturated rings. The lowest BCUT2D eigenvalue weighted by molar-refractivity contribution is 0.112. The Balaban J connectivity index is 2.33. The first-order valence-electron chi connectivity index (χ1n) is 4.73. The Morgan fingerprint density at radius 3 is 2.88 bits per heavy atom. The van der Waals surface area contributed by atoms with Crippen LogP contribution in [0.25, 0.3) is 0 Å². The second-order valence-corrected chi connectivity index (χ2v) is 5.15. The van der Waals surface area contributed by atoms with E-state index in [1.165, 1.54) is 23.9 Å². The van der Waals surface area contributed by atoms with E-state index in [2.05, 4.69) is 20.9 Å².